The number of fused-ring (bicyclic) bond motifs is 1. The SMILES string of the molecule is FC1(F)C2CCNCC21. The number of piperidine rings is 1. The summed E-state index contributed by atoms with van der Waals surface area (Å²) >= 11 is 0. The molecule has 1 aliphatic carbocycles. The van der Waals surface area contributed by atoms with Crippen LogP contribution in [0.1, 0.15) is 6.42 Å². The number of rotatable bonds is 0. The first-order valence-electron chi connectivity index (χ1n) is 3.31. The second-order valence-electron chi connectivity index (χ2n) is 2.88. The first-order valence-corrected chi connectivity index (χ1v) is 3.31. The number of hydrogen-bond donors (Lipinski definition) is 1. The van der Waals surface area contributed by atoms with Crippen LogP contribution in [-0.2, 0) is 0 Å². The lowest BCUT2D eigenvalue weighted by molar-refractivity contribution is 0.0868. The van der Waals surface area contributed by atoms with Crippen molar-refractivity contribution in [2.75, 3.05) is 13.1 Å². The lowest BCUT2D eigenvalue weighted by atomic mass is 10.2. The fourth-order valence-corrected chi connectivity index (χ4v) is 1.65. The molecule has 0 aromatic heterocycles. The summed E-state index contributed by atoms with van der Waals surface area (Å²) in [7, 11) is 0. The lowest BCUT2D eigenvalue weighted by Gasteiger charge is -2.05. The van der Waals surface area contributed by atoms with Gasteiger partial charge in [-0.05, 0) is 13.0 Å². The van der Waals surface area contributed by atoms with Crippen LogP contribution >= 0.6 is 0 Å². The van der Waals surface area contributed by atoms with E-state index in [1.54, 1.807) is 0 Å². The summed E-state index contributed by atoms with van der Waals surface area (Å²) < 4.78 is 24.9. The minimum Gasteiger partial charge on any atom is -0.316 e. The van der Waals surface area contributed by atoms with Gasteiger partial charge in [0, 0.05) is 18.4 Å². The third-order valence-electron chi connectivity index (χ3n) is 2.36. The molecule has 9 heavy (non-hydrogen) atoms. The van der Waals surface area contributed by atoms with Crippen molar-refractivity contribution in [2.24, 2.45) is 11.8 Å². The van der Waals surface area contributed by atoms with Crippen molar-refractivity contribution >= 4 is 0 Å². The van der Waals surface area contributed by atoms with Gasteiger partial charge in [-0.15, -0.1) is 0 Å². The second kappa shape index (κ2) is 1.45. The van der Waals surface area contributed by atoms with Gasteiger partial charge in [0.05, 0.1) is 0 Å². The van der Waals surface area contributed by atoms with Gasteiger partial charge >= 0.3 is 0 Å². The molecule has 2 atom stereocenters. The Bertz CT molecular complexity index is 121. The normalized spacial score (nSPS) is 46.0. The van der Waals surface area contributed by atoms with Crippen LogP contribution in [0.15, 0.2) is 0 Å². The van der Waals surface area contributed by atoms with Crippen molar-refractivity contribution < 1.29 is 8.78 Å². The van der Waals surface area contributed by atoms with Crippen LogP contribution in [0.4, 0.5) is 8.78 Å². The average molecular weight is 133 g/mol. The summed E-state index contributed by atoms with van der Waals surface area (Å²) in [6, 6.07) is 0. The molecule has 0 radical (unpaired) electrons. The van der Waals surface area contributed by atoms with E-state index in [4.69, 9.17) is 0 Å². The van der Waals surface area contributed by atoms with Crippen molar-refractivity contribution in [2.45, 2.75) is 12.3 Å². The topological polar surface area (TPSA) is 12.0 Å². The summed E-state index contributed by atoms with van der Waals surface area (Å²) in [5.41, 5.74) is 0. The Hall–Kier alpha value is -0.180. The Labute approximate surface area is 52.4 Å². The van der Waals surface area contributed by atoms with Crippen LogP contribution < -0.4 is 5.32 Å². The van der Waals surface area contributed by atoms with E-state index in [-0.39, 0.29) is 11.8 Å². The molecule has 1 aliphatic heterocycles. The van der Waals surface area contributed by atoms with Crippen molar-refractivity contribution in [3.05, 3.63) is 0 Å². The van der Waals surface area contributed by atoms with Crippen LogP contribution in [0.25, 0.3) is 0 Å². The summed E-state index contributed by atoms with van der Waals surface area (Å²) in [5, 5.41) is 2.95. The van der Waals surface area contributed by atoms with E-state index in [9.17, 15) is 8.78 Å². The van der Waals surface area contributed by atoms with Crippen LogP contribution in [0.5, 0.6) is 0 Å². The van der Waals surface area contributed by atoms with Gasteiger partial charge in [0.25, 0.3) is 5.92 Å². The maximum Gasteiger partial charge on any atom is 0.255 e. The molecule has 2 fully saturated rings. The molecule has 1 nitrogen and oxygen atoms in total. The molecule has 1 N–H and O–H groups in total. The number of hydrogen-bond acceptors (Lipinski definition) is 1. The summed E-state index contributed by atoms with van der Waals surface area (Å²) in [5.74, 6) is -2.92. The van der Waals surface area contributed by atoms with E-state index in [2.05, 4.69) is 5.32 Å². The highest BCUT2D eigenvalue weighted by Gasteiger charge is 2.67. The third kappa shape index (κ3) is 0.611. The van der Waals surface area contributed by atoms with Gasteiger partial charge in [0.2, 0.25) is 0 Å². The van der Waals surface area contributed by atoms with Gasteiger partial charge in [-0.1, -0.05) is 0 Å². The smallest absolute Gasteiger partial charge is 0.255 e. The summed E-state index contributed by atoms with van der Waals surface area (Å²) in [6.45, 7) is 1.30. The minimum atomic E-state index is -2.32. The molecule has 0 aromatic rings. The summed E-state index contributed by atoms with van der Waals surface area (Å²) in [6.07, 6.45) is 0.664. The molecule has 52 valence electrons. The molecule has 0 bridgehead atoms. The van der Waals surface area contributed by atoms with E-state index in [0.29, 0.717) is 13.0 Å². The van der Waals surface area contributed by atoms with Gasteiger partial charge < -0.3 is 5.32 Å². The van der Waals surface area contributed by atoms with Crippen molar-refractivity contribution in [1.29, 1.82) is 0 Å². The Balaban J connectivity index is 2.06. The maximum absolute atomic E-state index is 12.5. The average Bonchev–Trinajstić information content (AvgIpc) is 2.39. The molecule has 0 spiro atoms. The highest BCUT2D eigenvalue weighted by Crippen LogP contribution is 2.57. The Morgan fingerprint density at radius 1 is 1.33 bits per heavy atom. The molecule has 0 amide bonds. The fraction of sp³-hybridized carbons (Fsp3) is 1.00. The predicted molar refractivity (Wildman–Crippen MR) is 29.4 cm³/mol. The zero-order valence-electron chi connectivity index (χ0n) is 5.03. The first-order chi connectivity index (χ1) is 4.23. The molecule has 0 aromatic carbocycles. The van der Waals surface area contributed by atoms with Gasteiger partial charge in [-0.25, -0.2) is 8.78 Å². The number of alkyl halides is 2. The van der Waals surface area contributed by atoms with E-state index < -0.39 is 5.92 Å². The van der Waals surface area contributed by atoms with Crippen molar-refractivity contribution in [3.63, 3.8) is 0 Å². The molecule has 2 unspecified atom stereocenters. The third-order valence-corrected chi connectivity index (χ3v) is 2.36. The molecule has 2 aliphatic rings. The fourth-order valence-electron chi connectivity index (χ4n) is 1.65. The maximum atomic E-state index is 12.5. The minimum absolute atomic E-state index is 0.279. The van der Waals surface area contributed by atoms with E-state index in [0.717, 1.165) is 6.54 Å². The Morgan fingerprint density at radius 3 is 2.56 bits per heavy atom. The van der Waals surface area contributed by atoms with Gasteiger partial charge in [0.15, 0.2) is 0 Å². The van der Waals surface area contributed by atoms with Crippen LogP contribution in [0.3, 0.4) is 0 Å². The highest BCUT2D eigenvalue weighted by atomic mass is 19.3. The molecule has 2 rings (SSSR count). The van der Waals surface area contributed by atoms with Crippen molar-refractivity contribution in [3.8, 4) is 0 Å². The largest absolute Gasteiger partial charge is 0.316 e. The molecular weight excluding hydrogens is 124 g/mol. The van der Waals surface area contributed by atoms with Crippen LogP contribution in [0, 0.1) is 11.8 Å². The monoisotopic (exact) mass is 133 g/mol. The quantitative estimate of drug-likeness (QED) is 0.516. The van der Waals surface area contributed by atoms with E-state index >= 15 is 0 Å². The van der Waals surface area contributed by atoms with E-state index in [1.165, 1.54) is 0 Å². The van der Waals surface area contributed by atoms with Gasteiger partial charge in [0.1, 0.15) is 0 Å². The first kappa shape index (κ1) is 5.59. The zero-order valence-corrected chi connectivity index (χ0v) is 5.03. The summed E-state index contributed by atoms with van der Waals surface area (Å²) in [4.78, 5) is 0. The molecule has 1 saturated heterocycles. The Morgan fingerprint density at radius 2 is 2.11 bits per heavy atom. The van der Waals surface area contributed by atoms with Crippen LogP contribution in [0.2, 0.25) is 0 Å². The van der Waals surface area contributed by atoms with Gasteiger partial charge in [-0.3, -0.25) is 0 Å². The molecule has 1 heterocycles. The second-order valence-corrected chi connectivity index (χ2v) is 2.88. The Kier molecular flexibility index (Phi) is 0.903. The molecule has 3 heteroatoms. The molecular formula is C6H9F2N. The zero-order chi connectivity index (χ0) is 6.48. The van der Waals surface area contributed by atoms with E-state index in [1.807, 2.05) is 0 Å². The highest BCUT2D eigenvalue weighted by molar-refractivity contribution is 5.08. The molecule has 1 saturated carbocycles. The number of nitrogens with one attached hydrogen (secondary N) is 1. The predicted octanol–water partition coefficient (Wildman–Crippen LogP) is 0.861. The number of halogens is 2. The van der Waals surface area contributed by atoms with Gasteiger partial charge in [-0.2, -0.15) is 0 Å². The lowest BCUT2D eigenvalue weighted by Crippen LogP contribution is -2.23. The van der Waals surface area contributed by atoms with Crippen LogP contribution in [-0.4, -0.2) is 19.0 Å². The standard InChI is InChI=1S/C6H9F2N/c7-6(8)4-1-2-9-3-5(4)6/h4-5,9H,1-3H2. The van der Waals surface area contributed by atoms with Crippen molar-refractivity contribution in [1.82, 2.24) is 5.32 Å².